The first kappa shape index (κ1) is 12.7. The number of hydrogen-bond acceptors (Lipinski definition) is 3. The van der Waals surface area contributed by atoms with Crippen molar-refractivity contribution in [2.24, 2.45) is 11.1 Å². The number of ketones is 1. The van der Waals surface area contributed by atoms with Crippen LogP contribution in [0.4, 0.5) is 0 Å². The molecule has 1 aromatic rings. The van der Waals surface area contributed by atoms with Crippen molar-refractivity contribution in [3.05, 3.63) is 29.8 Å². The Morgan fingerprint density at radius 2 is 2.16 bits per heavy atom. The highest BCUT2D eigenvalue weighted by Crippen LogP contribution is 2.43. The summed E-state index contributed by atoms with van der Waals surface area (Å²) in [5.74, 6) is 1.02. The van der Waals surface area contributed by atoms with Crippen molar-refractivity contribution >= 4 is 5.78 Å². The highest BCUT2D eigenvalue weighted by molar-refractivity contribution is 5.96. The molecule has 3 rings (SSSR count). The Balaban J connectivity index is 1.68. The lowest BCUT2D eigenvalue weighted by atomic mass is 9.65. The van der Waals surface area contributed by atoms with Gasteiger partial charge in [-0.25, -0.2) is 0 Å². The van der Waals surface area contributed by atoms with Gasteiger partial charge in [-0.05, 0) is 49.8 Å². The van der Waals surface area contributed by atoms with Crippen LogP contribution in [0.2, 0.25) is 0 Å². The summed E-state index contributed by atoms with van der Waals surface area (Å²) < 4.78 is 5.74. The third-order valence-corrected chi connectivity index (χ3v) is 4.37. The number of nitrogens with two attached hydrogens (primary N) is 1. The quantitative estimate of drug-likeness (QED) is 0.799. The third kappa shape index (κ3) is 2.81. The molecule has 0 saturated heterocycles. The molecule has 0 unspecified atom stereocenters. The SMILES string of the molecule is NCC1(CC(=O)c2cccc(OC3CC3)c2)CCC1. The topological polar surface area (TPSA) is 52.3 Å². The molecule has 2 saturated carbocycles. The zero-order chi connectivity index (χ0) is 13.3. The highest BCUT2D eigenvalue weighted by Gasteiger charge is 2.37. The van der Waals surface area contributed by atoms with E-state index >= 15 is 0 Å². The van der Waals surface area contributed by atoms with Crippen LogP contribution >= 0.6 is 0 Å². The zero-order valence-electron chi connectivity index (χ0n) is 11.2. The molecule has 0 amide bonds. The molecule has 0 aliphatic heterocycles. The van der Waals surface area contributed by atoms with E-state index < -0.39 is 0 Å². The summed E-state index contributed by atoms with van der Waals surface area (Å²) >= 11 is 0. The van der Waals surface area contributed by atoms with Crippen LogP contribution in [0.5, 0.6) is 5.75 Å². The minimum absolute atomic E-state index is 0.0738. The monoisotopic (exact) mass is 259 g/mol. The van der Waals surface area contributed by atoms with Crippen molar-refractivity contribution in [2.75, 3.05) is 6.54 Å². The van der Waals surface area contributed by atoms with E-state index in [0.717, 1.165) is 37.0 Å². The van der Waals surface area contributed by atoms with Gasteiger partial charge in [-0.2, -0.15) is 0 Å². The van der Waals surface area contributed by atoms with Gasteiger partial charge >= 0.3 is 0 Å². The maximum atomic E-state index is 12.4. The number of hydrogen-bond donors (Lipinski definition) is 1. The Hall–Kier alpha value is -1.35. The van der Waals surface area contributed by atoms with Crippen LogP contribution in [-0.4, -0.2) is 18.4 Å². The van der Waals surface area contributed by atoms with Crippen LogP contribution in [0.3, 0.4) is 0 Å². The maximum Gasteiger partial charge on any atom is 0.163 e. The van der Waals surface area contributed by atoms with Gasteiger partial charge in [-0.3, -0.25) is 4.79 Å². The second-order valence-electron chi connectivity index (χ2n) is 6.00. The van der Waals surface area contributed by atoms with E-state index in [9.17, 15) is 4.79 Å². The fourth-order valence-corrected chi connectivity index (χ4v) is 2.69. The van der Waals surface area contributed by atoms with Gasteiger partial charge in [-0.15, -0.1) is 0 Å². The minimum atomic E-state index is 0.0738. The van der Waals surface area contributed by atoms with Crippen LogP contribution in [0.15, 0.2) is 24.3 Å². The lowest BCUT2D eigenvalue weighted by molar-refractivity contribution is 0.0785. The second kappa shape index (κ2) is 4.97. The summed E-state index contributed by atoms with van der Waals surface area (Å²) in [6, 6.07) is 7.59. The zero-order valence-corrected chi connectivity index (χ0v) is 11.2. The van der Waals surface area contributed by atoms with Crippen molar-refractivity contribution in [3.8, 4) is 5.75 Å². The Morgan fingerprint density at radius 1 is 1.37 bits per heavy atom. The Kier molecular flexibility index (Phi) is 3.31. The van der Waals surface area contributed by atoms with Gasteiger partial charge in [0, 0.05) is 12.0 Å². The fourth-order valence-electron chi connectivity index (χ4n) is 2.69. The molecule has 2 aliphatic rings. The van der Waals surface area contributed by atoms with E-state index in [0.29, 0.717) is 19.1 Å². The molecule has 3 heteroatoms. The molecule has 2 fully saturated rings. The third-order valence-electron chi connectivity index (χ3n) is 4.37. The summed E-state index contributed by atoms with van der Waals surface area (Å²) in [4.78, 5) is 12.4. The first-order chi connectivity index (χ1) is 9.21. The molecule has 19 heavy (non-hydrogen) atoms. The standard InChI is InChI=1S/C16H21NO2/c17-11-16(7-2-8-16)10-15(18)12-3-1-4-14(9-12)19-13-5-6-13/h1,3-4,9,13H,2,5-8,10-11,17H2. The van der Waals surface area contributed by atoms with Gasteiger partial charge in [0.1, 0.15) is 5.75 Å². The second-order valence-corrected chi connectivity index (χ2v) is 6.00. The first-order valence-electron chi connectivity index (χ1n) is 7.21. The van der Waals surface area contributed by atoms with Gasteiger partial charge < -0.3 is 10.5 Å². The molecule has 3 nitrogen and oxygen atoms in total. The molecule has 2 N–H and O–H groups in total. The maximum absolute atomic E-state index is 12.4. The molecular formula is C16H21NO2. The highest BCUT2D eigenvalue weighted by atomic mass is 16.5. The predicted octanol–water partition coefficient (Wildman–Crippen LogP) is 2.93. The van der Waals surface area contributed by atoms with Crippen molar-refractivity contribution in [1.29, 1.82) is 0 Å². The molecule has 102 valence electrons. The van der Waals surface area contributed by atoms with Crippen molar-refractivity contribution < 1.29 is 9.53 Å². The lowest BCUT2D eigenvalue weighted by Crippen LogP contribution is -2.39. The van der Waals surface area contributed by atoms with Crippen LogP contribution in [0, 0.1) is 5.41 Å². The normalized spacial score (nSPS) is 20.7. The van der Waals surface area contributed by atoms with E-state index in [1.165, 1.54) is 6.42 Å². The van der Waals surface area contributed by atoms with Crippen LogP contribution in [-0.2, 0) is 0 Å². The Labute approximate surface area is 114 Å². The number of rotatable bonds is 6. The largest absolute Gasteiger partial charge is 0.490 e. The molecule has 0 bridgehead atoms. The van der Waals surface area contributed by atoms with Crippen LogP contribution in [0.25, 0.3) is 0 Å². The molecule has 1 aromatic carbocycles. The van der Waals surface area contributed by atoms with Gasteiger partial charge in [-0.1, -0.05) is 18.6 Å². The summed E-state index contributed by atoms with van der Waals surface area (Å²) in [5.41, 5.74) is 6.66. The van der Waals surface area contributed by atoms with Gasteiger partial charge in [0.25, 0.3) is 0 Å². The minimum Gasteiger partial charge on any atom is -0.490 e. The summed E-state index contributed by atoms with van der Waals surface area (Å²) in [7, 11) is 0. The Bertz CT molecular complexity index is 470. The van der Waals surface area contributed by atoms with E-state index in [1.54, 1.807) is 0 Å². The molecule has 0 spiro atoms. The molecule has 0 atom stereocenters. The first-order valence-corrected chi connectivity index (χ1v) is 7.21. The summed E-state index contributed by atoms with van der Waals surface area (Å²) in [6.45, 7) is 0.622. The number of Topliss-reactive ketones (excluding diaryl/α,β-unsaturated/α-hetero) is 1. The molecule has 0 heterocycles. The Morgan fingerprint density at radius 3 is 2.74 bits per heavy atom. The fraction of sp³-hybridized carbons (Fsp3) is 0.562. The average Bonchev–Trinajstić information content (AvgIpc) is 3.18. The summed E-state index contributed by atoms with van der Waals surface area (Å²) in [5, 5.41) is 0. The van der Waals surface area contributed by atoms with E-state index in [2.05, 4.69) is 0 Å². The number of carbonyl (C=O) groups excluding carboxylic acids is 1. The van der Waals surface area contributed by atoms with E-state index in [-0.39, 0.29) is 11.2 Å². The van der Waals surface area contributed by atoms with Gasteiger partial charge in [0.2, 0.25) is 0 Å². The molecular weight excluding hydrogens is 238 g/mol. The number of carbonyl (C=O) groups is 1. The van der Waals surface area contributed by atoms with Gasteiger partial charge in [0.15, 0.2) is 5.78 Å². The van der Waals surface area contributed by atoms with Gasteiger partial charge in [0.05, 0.1) is 6.10 Å². The number of ether oxygens (including phenoxy) is 1. The average molecular weight is 259 g/mol. The van der Waals surface area contributed by atoms with Crippen LogP contribution < -0.4 is 10.5 Å². The molecule has 0 radical (unpaired) electrons. The van der Waals surface area contributed by atoms with E-state index in [4.69, 9.17) is 10.5 Å². The van der Waals surface area contributed by atoms with E-state index in [1.807, 2.05) is 24.3 Å². The lowest BCUT2D eigenvalue weighted by Gasteiger charge is -2.40. The van der Waals surface area contributed by atoms with Crippen molar-refractivity contribution in [3.63, 3.8) is 0 Å². The van der Waals surface area contributed by atoms with Crippen molar-refractivity contribution in [2.45, 2.75) is 44.6 Å². The molecule has 0 aromatic heterocycles. The predicted molar refractivity (Wildman–Crippen MR) is 74.4 cm³/mol. The summed E-state index contributed by atoms with van der Waals surface area (Å²) in [6.07, 6.45) is 6.60. The van der Waals surface area contributed by atoms with Crippen molar-refractivity contribution in [1.82, 2.24) is 0 Å². The smallest absolute Gasteiger partial charge is 0.163 e. The van der Waals surface area contributed by atoms with Crippen LogP contribution in [0.1, 0.15) is 48.9 Å². The molecule has 2 aliphatic carbocycles. The number of benzene rings is 1.